The van der Waals surface area contributed by atoms with Crippen molar-refractivity contribution < 1.29 is 9.53 Å². The number of hydrogen-bond acceptors (Lipinski definition) is 2. The Hall–Kier alpha value is -3.44. The molecule has 0 saturated carbocycles. The quantitative estimate of drug-likeness (QED) is 0.356. The molecule has 1 aliphatic rings. The minimum Gasteiger partial charge on any atom is -0.494 e. The van der Waals surface area contributed by atoms with E-state index in [2.05, 4.69) is 41.5 Å². The highest BCUT2D eigenvalue weighted by Gasteiger charge is 2.34. The van der Waals surface area contributed by atoms with Gasteiger partial charge in [-0.05, 0) is 73.9 Å². The van der Waals surface area contributed by atoms with Crippen molar-refractivity contribution in [3.63, 3.8) is 0 Å². The lowest BCUT2D eigenvalue weighted by Gasteiger charge is -2.36. The number of aryl methyl sites for hydroxylation is 1. The normalized spacial score (nSPS) is 15.4. The number of carbonyl (C=O) groups excluding carboxylic acids is 1. The minimum atomic E-state index is -0.219. The highest BCUT2D eigenvalue weighted by atomic mass is 35.5. The van der Waals surface area contributed by atoms with E-state index in [0.29, 0.717) is 18.2 Å². The molecule has 0 spiro atoms. The van der Waals surface area contributed by atoms with E-state index in [1.54, 1.807) is 0 Å². The van der Waals surface area contributed by atoms with E-state index in [-0.39, 0.29) is 12.1 Å². The number of carbonyl (C=O) groups is 1. The van der Waals surface area contributed by atoms with Gasteiger partial charge in [-0.25, -0.2) is 4.79 Å². The first kappa shape index (κ1) is 21.4. The number of H-pyrrole nitrogens is 1. The van der Waals surface area contributed by atoms with Crippen LogP contribution in [0.1, 0.15) is 35.3 Å². The van der Waals surface area contributed by atoms with Crippen LogP contribution in [-0.4, -0.2) is 29.1 Å². The van der Waals surface area contributed by atoms with Crippen LogP contribution >= 0.6 is 11.6 Å². The van der Waals surface area contributed by atoms with Crippen molar-refractivity contribution in [1.29, 1.82) is 0 Å². The SMILES string of the molecule is CCOc1ccc(NC(=O)N2CCc3c([nH]c4ccc(Cl)cc34)[C@H]2c2ccc(C)cc2)cc1. The lowest BCUT2D eigenvalue weighted by molar-refractivity contribution is 0.193. The van der Waals surface area contributed by atoms with Gasteiger partial charge in [0.2, 0.25) is 0 Å². The van der Waals surface area contributed by atoms with Crippen LogP contribution < -0.4 is 10.1 Å². The molecule has 0 saturated heterocycles. The Morgan fingerprint density at radius 2 is 1.88 bits per heavy atom. The number of rotatable bonds is 4. The Labute approximate surface area is 198 Å². The molecule has 1 aromatic heterocycles. The summed E-state index contributed by atoms with van der Waals surface area (Å²) in [4.78, 5) is 18.9. The van der Waals surface area contributed by atoms with Crippen LogP contribution in [0.2, 0.25) is 5.02 Å². The lowest BCUT2D eigenvalue weighted by Crippen LogP contribution is -2.43. The number of hydrogen-bond donors (Lipinski definition) is 2. The fourth-order valence-electron chi connectivity index (χ4n) is 4.57. The third-order valence-electron chi connectivity index (χ3n) is 6.16. The van der Waals surface area contributed by atoms with E-state index in [4.69, 9.17) is 16.3 Å². The zero-order valence-electron chi connectivity index (χ0n) is 18.7. The number of fused-ring (bicyclic) bond motifs is 3. The second kappa shape index (κ2) is 8.83. The summed E-state index contributed by atoms with van der Waals surface area (Å²) in [7, 11) is 0. The average molecular weight is 460 g/mol. The predicted molar refractivity (Wildman–Crippen MR) is 133 cm³/mol. The standard InChI is InChI=1S/C27H26ClN3O2/c1-3-33-21-11-9-20(10-12-21)29-27(32)31-15-14-22-23-16-19(28)8-13-24(23)30-25(22)26(31)18-6-4-17(2)5-7-18/h4-13,16,26,30H,3,14-15H2,1-2H3,(H,29,32)/t26-/m1/s1. The van der Waals surface area contributed by atoms with Crippen molar-refractivity contribution in [1.82, 2.24) is 9.88 Å². The van der Waals surface area contributed by atoms with Crippen molar-refractivity contribution in [3.8, 4) is 5.75 Å². The predicted octanol–water partition coefficient (Wildman–Crippen LogP) is 6.71. The number of nitrogens with one attached hydrogen (secondary N) is 2. The topological polar surface area (TPSA) is 57.4 Å². The van der Waals surface area contributed by atoms with Gasteiger partial charge in [-0.2, -0.15) is 0 Å². The first-order valence-corrected chi connectivity index (χ1v) is 11.6. The number of ether oxygens (including phenoxy) is 1. The summed E-state index contributed by atoms with van der Waals surface area (Å²) in [5.74, 6) is 0.785. The molecule has 1 atom stereocenters. The van der Waals surface area contributed by atoms with Gasteiger partial charge in [-0.3, -0.25) is 0 Å². The summed E-state index contributed by atoms with van der Waals surface area (Å²) in [6.45, 7) is 5.23. The number of anilines is 1. The highest BCUT2D eigenvalue weighted by Crippen LogP contribution is 2.39. The molecule has 5 nitrogen and oxygen atoms in total. The molecule has 0 aliphatic carbocycles. The maximum atomic E-state index is 13.5. The van der Waals surface area contributed by atoms with Crippen LogP contribution in [0.5, 0.6) is 5.75 Å². The van der Waals surface area contributed by atoms with Crippen molar-refractivity contribution in [2.24, 2.45) is 0 Å². The minimum absolute atomic E-state index is 0.132. The number of aromatic amines is 1. The Morgan fingerprint density at radius 3 is 2.61 bits per heavy atom. The Bertz CT molecular complexity index is 1300. The summed E-state index contributed by atoms with van der Waals surface area (Å²) < 4.78 is 5.51. The van der Waals surface area contributed by atoms with Gasteiger partial charge in [0.25, 0.3) is 0 Å². The molecule has 168 valence electrons. The molecule has 1 aliphatic heterocycles. The molecule has 5 rings (SSSR count). The number of nitrogens with zero attached hydrogens (tertiary/aromatic N) is 1. The van der Waals surface area contributed by atoms with Gasteiger partial charge in [-0.15, -0.1) is 0 Å². The van der Waals surface area contributed by atoms with Gasteiger partial charge in [0.05, 0.1) is 12.6 Å². The van der Waals surface area contributed by atoms with E-state index in [1.165, 1.54) is 11.1 Å². The molecule has 6 heteroatoms. The number of urea groups is 1. The highest BCUT2D eigenvalue weighted by molar-refractivity contribution is 6.31. The van der Waals surface area contributed by atoms with E-state index >= 15 is 0 Å². The average Bonchev–Trinajstić information content (AvgIpc) is 3.18. The second-order valence-corrected chi connectivity index (χ2v) is 8.79. The fraction of sp³-hybridized carbons (Fsp3) is 0.222. The van der Waals surface area contributed by atoms with Gasteiger partial charge in [0.15, 0.2) is 0 Å². The lowest BCUT2D eigenvalue weighted by atomic mass is 9.92. The summed E-state index contributed by atoms with van der Waals surface area (Å²) in [6, 6.07) is 21.4. The van der Waals surface area contributed by atoms with Gasteiger partial charge in [0.1, 0.15) is 5.75 Å². The Kier molecular flexibility index (Phi) is 5.73. The molecule has 3 aromatic carbocycles. The molecule has 4 aromatic rings. The molecule has 0 fully saturated rings. The molecule has 0 radical (unpaired) electrons. The number of aromatic nitrogens is 1. The number of halogens is 1. The molecular weight excluding hydrogens is 434 g/mol. The van der Waals surface area contributed by atoms with Crippen LogP contribution in [0.4, 0.5) is 10.5 Å². The first-order chi connectivity index (χ1) is 16.0. The van der Waals surface area contributed by atoms with E-state index in [1.807, 2.05) is 54.3 Å². The Balaban J connectivity index is 1.51. The summed E-state index contributed by atoms with van der Waals surface area (Å²) in [5.41, 5.74) is 6.30. The van der Waals surface area contributed by atoms with Crippen LogP contribution in [0.25, 0.3) is 10.9 Å². The maximum Gasteiger partial charge on any atom is 0.322 e. The molecule has 33 heavy (non-hydrogen) atoms. The maximum absolute atomic E-state index is 13.5. The van der Waals surface area contributed by atoms with Gasteiger partial charge in [0, 0.05) is 33.9 Å². The Morgan fingerprint density at radius 1 is 1.12 bits per heavy atom. The van der Waals surface area contributed by atoms with Gasteiger partial charge in [-0.1, -0.05) is 41.4 Å². The summed E-state index contributed by atoms with van der Waals surface area (Å²) >= 11 is 6.29. The third kappa shape index (κ3) is 4.16. The largest absolute Gasteiger partial charge is 0.494 e. The zero-order chi connectivity index (χ0) is 22.9. The van der Waals surface area contributed by atoms with Crippen LogP contribution in [-0.2, 0) is 6.42 Å². The van der Waals surface area contributed by atoms with Gasteiger partial charge < -0.3 is 19.9 Å². The molecule has 0 bridgehead atoms. The first-order valence-electron chi connectivity index (χ1n) is 11.2. The number of benzene rings is 3. The molecule has 2 amide bonds. The summed E-state index contributed by atoms with van der Waals surface area (Å²) in [6.07, 6.45) is 0.759. The van der Waals surface area contributed by atoms with Crippen LogP contribution in [0.15, 0.2) is 66.7 Å². The fourth-order valence-corrected chi connectivity index (χ4v) is 4.74. The van der Waals surface area contributed by atoms with E-state index in [0.717, 1.165) is 40.0 Å². The van der Waals surface area contributed by atoms with Crippen LogP contribution in [0.3, 0.4) is 0 Å². The number of amides is 2. The monoisotopic (exact) mass is 459 g/mol. The van der Waals surface area contributed by atoms with Gasteiger partial charge >= 0.3 is 6.03 Å². The van der Waals surface area contributed by atoms with Crippen LogP contribution in [0, 0.1) is 6.92 Å². The van der Waals surface area contributed by atoms with E-state index in [9.17, 15) is 4.79 Å². The van der Waals surface area contributed by atoms with E-state index < -0.39 is 0 Å². The van der Waals surface area contributed by atoms with Crippen molar-refractivity contribution in [2.45, 2.75) is 26.3 Å². The van der Waals surface area contributed by atoms with Crippen molar-refractivity contribution >= 4 is 34.2 Å². The smallest absolute Gasteiger partial charge is 0.322 e. The van der Waals surface area contributed by atoms with Crippen molar-refractivity contribution in [2.75, 3.05) is 18.5 Å². The zero-order valence-corrected chi connectivity index (χ0v) is 19.4. The van der Waals surface area contributed by atoms with Crippen molar-refractivity contribution in [3.05, 3.63) is 94.1 Å². The molecule has 2 N–H and O–H groups in total. The molecule has 2 heterocycles. The molecule has 0 unspecified atom stereocenters. The third-order valence-corrected chi connectivity index (χ3v) is 6.39. The molecular formula is C27H26ClN3O2. The second-order valence-electron chi connectivity index (χ2n) is 8.35. The summed E-state index contributed by atoms with van der Waals surface area (Å²) in [5, 5.41) is 4.90.